The maximum atomic E-state index is 5.30. The van der Waals surface area contributed by atoms with E-state index in [4.69, 9.17) is 9.47 Å². The van der Waals surface area contributed by atoms with Gasteiger partial charge in [0.05, 0.1) is 23.0 Å². The summed E-state index contributed by atoms with van der Waals surface area (Å²) in [4.78, 5) is 2.57. The molecule has 3 rings (SSSR count). The van der Waals surface area contributed by atoms with Gasteiger partial charge in [-0.1, -0.05) is 37.0 Å². The van der Waals surface area contributed by atoms with E-state index in [-0.39, 0.29) is 0 Å². The molecule has 0 unspecified atom stereocenters. The quantitative estimate of drug-likeness (QED) is 0.478. The Labute approximate surface area is 161 Å². The van der Waals surface area contributed by atoms with Gasteiger partial charge in [-0.15, -0.1) is 11.3 Å². The van der Waals surface area contributed by atoms with Gasteiger partial charge in [-0.05, 0) is 53.6 Å². The topological polar surface area (TPSA) is 18.5 Å². The minimum Gasteiger partial charge on any atom is -0.497 e. The molecule has 0 amide bonds. The minimum absolute atomic E-state index is 0.724. The second kappa shape index (κ2) is 8.38. The molecular weight excluding hydrogens is 356 g/mol. The van der Waals surface area contributed by atoms with E-state index in [1.807, 2.05) is 35.6 Å². The Morgan fingerprint density at radius 1 is 0.808 bits per heavy atom. The molecule has 26 heavy (non-hydrogen) atoms. The lowest BCUT2D eigenvalue weighted by molar-refractivity contribution is 0.414. The highest BCUT2D eigenvalue weighted by Gasteiger charge is 2.12. The maximum absolute atomic E-state index is 5.30. The largest absolute Gasteiger partial charge is 0.497 e. The average Bonchev–Trinajstić information content (AvgIpc) is 3.11. The molecule has 0 spiro atoms. The Bertz CT molecular complexity index is 813. The van der Waals surface area contributed by atoms with Crippen molar-refractivity contribution in [2.24, 2.45) is 0 Å². The number of ether oxygens (including phenoxy) is 2. The summed E-state index contributed by atoms with van der Waals surface area (Å²) in [6, 6.07) is 18.9. The zero-order chi connectivity index (χ0) is 18.5. The first-order valence-electron chi connectivity index (χ1n) is 8.71. The van der Waals surface area contributed by atoms with Gasteiger partial charge in [0.2, 0.25) is 0 Å². The van der Waals surface area contributed by atoms with Gasteiger partial charge in [0.1, 0.15) is 11.5 Å². The van der Waals surface area contributed by atoms with E-state index < -0.39 is 8.80 Å². The Hall–Kier alpha value is -2.30. The highest BCUT2D eigenvalue weighted by Crippen LogP contribution is 2.40. The first-order valence-corrected chi connectivity index (χ1v) is 12.5. The molecule has 3 aromatic rings. The van der Waals surface area contributed by atoms with Crippen LogP contribution in [0.5, 0.6) is 11.5 Å². The van der Waals surface area contributed by atoms with Crippen LogP contribution in [0, 0.1) is 0 Å². The molecule has 2 aromatic carbocycles. The number of benzene rings is 2. The Kier molecular flexibility index (Phi) is 5.96. The van der Waals surface area contributed by atoms with Crippen molar-refractivity contribution in [3.05, 3.63) is 65.2 Å². The monoisotopic (exact) mass is 380 g/mol. The van der Waals surface area contributed by atoms with Crippen molar-refractivity contribution in [2.75, 3.05) is 14.2 Å². The van der Waals surface area contributed by atoms with Crippen molar-refractivity contribution in [2.45, 2.75) is 13.1 Å². The molecule has 0 saturated heterocycles. The summed E-state index contributed by atoms with van der Waals surface area (Å²) in [7, 11) is 2.67. The molecule has 134 valence electrons. The number of rotatable bonds is 6. The molecule has 0 saturated carbocycles. The summed E-state index contributed by atoms with van der Waals surface area (Å²) >= 11 is 1.84. The van der Waals surface area contributed by atoms with Crippen LogP contribution >= 0.6 is 11.3 Å². The third kappa shape index (κ3) is 4.26. The second-order valence-electron chi connectivity index (χ2n) is 6.45. The van der Waals surface area contributed by atoms with E-state index in [0.29, 0.717) is 0 Å². The van der Waals surface area contributed by atoms with Gasteiger partial charge in [0.15, 0.2) is 0 Å². The molecule has 0 bridgehead atoms. The first kappa shape index (κ1) is 18.5. The molecule has 0 N–H and O–H groups in total. The summed E-state index contributed by atoms with van der Waals surface area (Å²) in [5, 5.41) is 0. The number of thiophene rings is 1. The lowest BCUT2D eigenvalue weighted by Gasteiger charge is -2.07. The molecule has 0 aliphatic rings. The van der Waals surface area contributed by atoms with Crippen LogP contribution in [-0.4, -0.2) is 23.0 Å². The SMILES string of the molecule is COc1ccc(-c2cc(C=C[SiH](C)C)sc2-c2ccc(OC)cc2)cc1. The average molecular weight is 381 g/mol. The summed E-state index contributed by atoms with van der Waals surface area (Å²) in [6.07, 6.45) is 2.28. The zero-order valence-electron chi connectivity index (χ0n) is 15.7. The molecule has 1 heterocycles. The molecule has 2 nitrogen and oxygen atoms in total. The number of hydrogen-bond donors (Lipinski definition) is 0. The first-order chi connectivity index (χ1) is 12.6. The summed E-state index contributed by atoms with van der Waals surface area (Å²) in [5.74, 6) is 1.75. The predicted octanol–water partition coefficient (Wildman–Crippen LogP) is 6.14. The lowest BCUT2D eigenvalue weighted by Crippen LogP contribution is -1.91. The Morgan fingerprint density at radius 2 is 1.35 bits per heavy atom. The zero-order valence-corrected chi connectivity index (χ0v) is 17.6. The van der Waals surface area contributed by atoms with E-state index in [1.165, 1.54) is 26.4 Å². The normalized spacial score (nSPS) is 11.3. The third-order valence-corrected chi connectivity index (χ3v) is 6.26. The van der Waals surface area contributed by atoms with Crippen LogP contribution in [0.2, 0.25) is 13.1 Å². The van der Waals surface area contributed by atoms with Gasteiger partial charge < -0.3 is 9.47 Å². The van der Waals surface area contributed by atoms with Crippen LogP contribution in [0.25, 0.3) is 27.6 Å². The molecule has 4 heteroatoms. The van der Waals surface area contributed by atoms with E-state index in [2.05, 4.69) is 55.2 Å². The van der Waals surface area contributed by atoms with Crippen LogP contribution < -0.4 is 9.47 Å². The van der Waals surface area contributed by atoms with Crippen LogP contribution in [-0.2, 0) is 0 Å². The van der Waals surface area contributed by atoms with Crippen molar-refractivity contribution < 1.29 is 9.47 Å². The van der Waals surface area contributed by atoms with E-state index in [9.17, 15) is 0 Å². The van der Waals surface area contributed by atoms with E-state index in [1.54, 1.807) is 14.2 Å². The molecule has 0 radical (unpaired) electrons. The van der Waals surface area contributed by atoms with Gasteiger partial charge in [-0.3, -0.25) is 0 Å². The van der Waals surface area contributed by atoms with Crippen molar-refractivity contribution in [1.82, 2.24) is 0 Å². The highest BCUT2D eigenvalue weighted by atomic mass is 32.1. The van der Waals surface area contributed by atoms with Gasteiger partial charge in [-0.2, -0.15) is 0 Å². The van der Waals surface area contributed by atoms with Gasteiger partial charge in [0, 0.05) is 15.3 Å². The Balaban J connectivity index is 2.07. The van der Waals surface area contributed by atoms with Gasteiger partial charge in [-0.25, -0.2) is 0 Å². The number of hydrogen-bond acceptors (Lipinski definition) is 3. The van der Waals surface area contributed by atoms with Gasteiger partial charge in [0.25, 0.3) is 0 Å². The van der Waals surface area contributed by atoms with Crippen molar-refractivity contribution in [3.8, 4) is 33.1 Å². The molecule has 0 aliphatic carbocycles. The fourth-order valence-electron chi connectivity index (χ4n) is 2.72. The highest BCUT2D eigenvalue weighted by molar-refractivity contribution is 7.17. The van der Waals surface area contributed by atoms with Crippen molar-refractivity contribution >= 4 is 26.2 Å². The van der Waals surface area contributed by atoms with Crippen LogP contribution in [0.4, 0.5) is 0 Å². The van der Waals surface area contributed by atoms with Crippen LogP contribution in [0.15, 0.2) is 60.3 Å². The summed E-state index contributed by atoms with van der Waals surface area (Å²) in [5.41, 5.74) is 6.05. The molecule has 1 aromatic heterocycles. The summed E-state index contributed by atoms with van der Waals surface area (Å²) < 4.78 is 10.6. The molecule has 0 fully saturated rings. The van der Waals surface area contributed by atoms with Gasteiger partial charge >= 0.3 is 0 Å². The fourth-order valence-corrected chi connectivity index (χ4v) is 4.55. The maximum Gasteiger partial charge on any atom is 0.118 e. The van der Waals surface area contributed by atoms with Crippen LogP contribution in [0.3, 0.4) is 0 Å². The van der Waals surface area contributed by atoms with E-state index in [0.717, 1.165) is 11.5 Å². The molecule has 0 aliphatic heterocycles. The predicted molar refractivity (Wildman–Crippen MR) is 116 cm³/mol. The smallest absolute Gasteiger partial charge is 0.118 e. The van der Waals surface area contributed by atoms with Crippen molar-refractivity contribution in [3.63, 3.8) is 0 Å². The minimum atomic E-state index is -0.724. The second-order valence-corrected chi connectivity index (χ2v) is 10.4. The summed E-state index contributed by atoms with van der Waals surface area (Å²) in [6.45, 7) is 4.66. The third-order valence-electron chi connectivity index (χ3n) is 4.15. The standard InChI is InChI=1S/C22H24O2SSi/c1-23-18-9-5-16(6-10-18)21-15-20(13-14-26(3)4)25-22(21)17-7-11-19(24-2)12-8-17/h5-15,26H,1-4H3. The fraction of sp³-hybridized carbons (Fsp3) is 0.182. The number of methoxy groups -OCH3 is 2. The van der Waals surface area contributed by atoms with Crippen LogP contribution in [0.1, 0.15) is 4.88 Å². The van der Waals surface area contributed by atoms with E-state index >= 15 is 0 Å². The lowest BCUT2D eigenvalue weighted by atomic mass is 10.0. The Morgan fingerprint density at radius 3 is 1.85 bits per heavy atom. The molecule has 0 atom stereocenters. The van der Waals surface area contributed by atoms with Crippen molar-refractivity contribution in [1.29, 1.82) is 0 Å². The molecular formula is C22H24O2SSi.